The minimum absolute atomic E-state index is 0.257. The van der Waals surface area contributed by atoms with Gasteiger partial charge in [0.15, 0.2) is 0 Å². The van der Waals surface area contributed by atoms with Gasteiger partial charge in [0.1, 0.15) is 5.60 Å². The van der Waals surface area contributed by atoms with Crippen molar-refractivity contribution in [2.24, 2.45) is 5.92 Å². The maximum atomic E-state index is 12.0. The molecule has 0 saturated carbocycles. The molecule has 1 aliphatic rings. The monoisotopic (exact) mass is 297 g/mol. The molecule has 1 heterocycles. The van der Waals surface area contributed by atoms with Crippen molar-refractivity contribution in [3.8, 4) is 0 Å². The number of hydrogen-bond acceptors (Lipinski definition) is 4. The lowest BCUT2D eigenvalue weighted by Gasteiger charge is -2.32. The summed E-state index contributed by atoms with van der Waals surface area (Å²) in [6.07, 6.45) is 3.39. The van der Waals surface area contributed by atoms with Crippen LogP contribution < -0.4 is 0 Å². The smallest absolute Gasteiger partial charge is 0.410 e. The summed E-state index contributed by atoms with van der Waals surface area (Å²) in [5.41, 5.74) is 0.182. The lowest BCUT2D eigenvalue weighted by molar-refractivity contribution is -0.138. The van der Waals surface area contributed by atoms with Crippen LogP contribution in [0.5, 0.6) is 0 Å². The fourth-order valence-electron chi connectivity index (χ4n) is 2.24. The van der Waals surface area contributed by atoms with Crippen LogP contribution in [0, 0.1) is 5.92 Å². The maximum Gasteiger partial charge on any atom is 0.410 e. The topological polar surface area (TPSA) is 55.8 Å². The van der Waals surface area contributed by atoms with Gasteiger partial charge in [0.05, 0.1) is 6.61 Å². The van der Waals surface area contributed by atoms with Crippen LogP contribution in [0.15, 0.2) is 11.6 Å². The molecule has 0 bridgehead atoms. The van der Waals surface area contributed by atoms with E-state index in [1.165, 1.54) is 0 Å². The van der Waals surface area contributed by atoms with Crippen molar-refractivity contribution >= 4 is 12.1 Å². The summed E-state index contributed by atoms with van der Waals surface area (Å²) in [5.74, 6) is 0.0557. The van der Waals surface area contributed by atoms with E-state index in [1.54, 1.807) is 18.7 Å². The molecular formula is C16H27NO4. The van der Waals surface area contributed by atoms with Gasteiger partial charge in [-0.1, -0.05) is 6.08 Å². The highest BCUT2D eigenvalue weighted by Crippen LogP contribution is 2.22. The number of hydrogen-bond donors (Lipinski definition) is 0. The molecule has 1 aliphatic heterocycles. The Kier molecular flexibility index (Phi) is 6.24. The van der Waals surface area contributed by atoms with Crippen LogP contribution in [0.2, 0.25) is 0 Å². The number of ether oxygens (including phenoxy) is 2. The van der Waals surface area contributed by atoms with Gasteiger partial charge in [-0.2, -0.15) is 0 Å². The van der Waals surface area contributed by atoms with E-state index in [4.69, 9.17) is 9.47 Å². The van der Waals surface area contributed by atoms with Crippen molar-refractivity contribution in [3.63, 3.8) is 0 Å². The van der Waals surface area contributed by atoms with E-state index in [1.807, 2.05) is 26.8 Å². The van der Waals surface area contributed by atoms with E-state index in [2.05, 4.69) is 0 Å². The number of rotatable bonds is 3. The molecule has 0 spiro atoms. The second kappa shape index (κ2) is 7.48. The third-order valence-corrected chi connectivity index (χ3v) is 3.27. The van der Waals surface area contributed by atoms with Crippen LogP contribution in [-0.4, -0.2) is 42.3 Å². The molecule has 0 N–H and O–H groups in total. The van der Waals surface area contributed by atoms with Crippen molar-refractivity contribution in [2.45, 2.75) is 53.1 Å². The number of nitrogens with zero attached hydrogens (tertiary/aromatic N) is 1. The molecule has 0 atom stereocenters. The Balaban J connectivity index is 2.47. The second-order valence-corrected chi connectivity index (χ2v) is 6.37. The largest absolute Gasteiger partial charge is 0.463 e. The van der Waals surface area contributed by atoms with Crippen molar-refractivity contribution in [2.75, 3.05) is 19.7 Å². The number of likely N-dealkylation sites (tertiary alicyclic amines) is 1. The second-order valence-electron chi connectivity index (χ2n) is 6.37. The lowest BCUT2D eigenvalue weighted by atomic mass is 9.95. The van der Waals surface area contributed by atoms with Gasteiger partial charge >= 0.3 is 12.1 Å². The van der Waals surface area contributed by atoms with Crippen LogP contribution in [0.4, 0.5) is 4.79 Å². The third kappa shape index (κ3) is 6.19. The van der Waals surface area contributed by atoms with E-state index in [9.17, 15) is 9.59 Å². The van der Waals surface area contributed by atoms with Crippen molar-refractivity contribution in [1.29, 1.82) is 0 Å². The van der Waals surface area contributed by atoms with Gasteiger partial charge in [0.25, 0.3) is 0 Å². The van der Waals surface area contributed by atoms with Gasteiger partial charge in [-0.05, 0) is 53.4 Å². The first kappa shape index (κ1) is 17.5. The minimum Gasteiger partial charge on any atom is -0.463 e. The first-order valence-electron chi connectivity index (χ1n) is 7.56. The fourth-order valence-corrected chi connectivity index (χ4v) is 2.24. The highest BCUT2D eigenvalue weighted by atomic mass is 16.6. The van der Waals surface area contributed by atoms with Gasteiger partial charge < -0.3 is 14.4 Å². The summed E-state index contributed by atoms with van der Waals surface area (Å²) in [4.78, 5) is 25.3. The molecule has 120 valence electrons. The highest BCUT2D eigenvalue weighted by molar-refractivity contribution is 5.87. The average molecular weight is 297 g/mol. The molecule has 5 heteroatoms. The third-order valence-electron chi connectivity index (χ3n) is 3.27. The number of allylic oxidation sites excluding steroid dienone is 1. The Hall–Kier alpha value is -1.52. The summed E-state index contributed by atoms with van der Waals surface area (Å²) in [6, 6.07) is 0. The molecule has 1 amide bonds. The molecule has 0 aliphatic carbocycles. The molecule has 0 aromatic heterocycles. The average Bonchev–Trinajstić information content (AvgIpc) is 2.37. The van der Waals surface area contributed by atoms with Gasteiger partial charge in [-0.25, -0.2) is 9.59 Å². The zero-order valence-electron chi connectivity index (χ0n) is 13.8. The van der Waals surface area contributed by atoms with Crippen molar-refractivity contribution in [3.05, 3.63) is 11.6 Å². The van der Waals surface area contributed by atoms with E-state index in [0.29, 0.717) is 31.2 Å². The standard InChI is InChI=1S/C16H27NO4/c1-6-20-14(18)12(2)11-13-7-9-17(10-8-13)15(19)21-16(3,4)5/h11,13H,6-10H2,1-5H3. The maximum absolute atomic E-state index is 12.0. The number of carbonyl (C=O) groups is 2. The van der Waals surface area contributed by atoms with Crippen LogP contribution in [-0.2, 0) is 14.3 Å². The lowest BCUT2D eigenvalue weighted by Crippen LogP contribution is -2.41. The summed E-state index contributed by atoms with van der Waals surface area (Å²) < 4.78 is 10.3. The van der Waals surface area contributed by atoms with Gasteiger partial charge in [0.2, 0.25) is 0 Å². The molecule has 1 fully saturated rings. The zero-order valence-corrected chi connectivity index (χ0v) is 13.8. The Bertz CT molecular complexity index is 401. The first-order valence-corrected chi connectivity index (χ1v) is 7.56. The van der Waals surface area contributed by atoms with E-state index < -0.39 is 5.60 Å². The highest BCUT2D eigenvalue weighted by Gasteiger charge is 2.26. The Morgan fingerprint density at radius 1 is 1.24 bits per heavy atom. The van der Waals surface area contributed by atoms with Gasteiger partial charge in [-0.15, -0.1) is 0 Å². The molecule has 1 saturated heterocycles. The summed E-state index contributed by atoms with van der Waals surface area (Å²) in [5, 5.41) is 0. The molecular weight excluding hydrogens is 270 g/mol. The summed E-state index contributed by atoms with van der Waals surface area (Å²) >= 11 is 0. The predicted molar refractivity (Wildman–Crippen MR) is 80.9 cm³/mol. The molecule has 0 radical (unpaired) electrons. The predicted octanol–water partition coefficient (Wildman–Crippen LogP) is 3.14. The zero-order chi connectivity index (χ0) is 16.0. The van der Waals surface area contributed by atoms with E-state index >= 15 is 0 Å². The number of carbonyl (C=O) groups excluding carboxylic acids is 2. The molecule has 0 aromatic rings. The van der Waals surface area contributed by atoms with Crippen LogP contribution in [0.1, 0.15) is 47.5 Å². The normalized spacial score (nSPS) is 17.6. The minimum atomic E-state index is -0.464. The number of amides is 1. The van der Waals surface area contributed by atoms with Crippen LogP contribution in [0.25, 0.3) is 0 Å². The Labute approximate surface area is 127 Å². The Morgan fingerprint density at radius 3 is 2.29 bits per heavy atom. The molecule has 21 heavy (non-hydrogen) atoms. The van der Waals surface area contributed by atoms with Crippen LogP contribution in [0.3, 0.4) is 0 Å². The molecule has 0 aromatic carbocycles. The molecule has 5 nitrogen and oxygen atoms in total. The van der Waals surface area contributed by atoms with Crippen LogP contribution >= 0.6 is 0 Å². The molecule has 0 unspecified atom stereocenters. The number of esters is 1. The fraction of sp³-hybridized carbons (Fsp3) is 0.750. The van der Waals surface area contributed by atoms with E-state index in [0.717, 1.165) is 12.8 Å². The van der Waals surface area contributed by atoms with Crippen molar-refractivity contribution in [1.82, 2.24) is 4.90 Å². The van der Waals surface area contributed by atoms with E-state index in [-0.39, 0.29) is 12.1 Å². The molecule has 1 rings (SSSR count). The SMILES string of the molecule is CCOC(=O)C(C)=CC1CCN(C(=O)OC(C)(C)C)CC1. The Morgan fingerprint density at radius 2 is 1.81 bits per heavy atom. The van der Waals surface area contributed by atoms with Crippen molar-refractivity contribution < 1.29 is 19.1 Å². The first-order chi connectivity index (χ1) is 9.73. The summed E-state index contributed by atoms with van der Waals surface area (Å²) in [7, 11) is 0. The quantitative estimate of drug-likeness (QED) is 0.593. The summed E-state index contributed by atoms with van der Waals surface area (Å²) in [6.45, 7) is 10.9. The van der Waals surface area contributed by atoms with Gasteiger partial charge in [0, 0.05) is 18.7 Å². The number of piperidine rings is 1. The van der Waals surface area contributed by atoms with Gasteiger partial charge in [-0.3, -0.25) is 0 Å².